The maximum atomic E-state index is 12.8. The molecular weight excluding hydrogens is 319 g/mol. The summed E-state index contributed by atoms with van der Waals surface area (Å²) in [7, 11) is 1.38. The van der Waals surface area contributed by atoms with Crippen molar-refractivity contribution >= 4 is 23.8 Å². The summed E-state index contributed by atoms with van der Waals surface area (Å²) in [5.74, 6) is 0.384. The van der Waals surface area contributed by atoms with Gasteiger partial charge in [-0.1, -0.05) is 0 Å². The SMILES string of the molecule is COC(=O)N1CCC(CNC(=O)CSc2ccc(F)cc2)CC1. The van der Waals surface area contributed by atoms with Gasteiger partial charge in [0, 0.05) is 24.5 Å². The highest BCUT2D eigenvalue weighted by molar-refractivity contribution is 8.00. The largest absolute Gasteiger partial charge is 0.453 e. The molecule has 0 radical (unpaired) electrons. The summed E-state index contributed by atoms with van der Waals surface area (Å²) in [5.41, 5.74) is 0. The number of benzene rings is 1. The number of methoxy groups -OCH3 is 1. The summed E-state index contributed by atoms with van der Waals surface area (Å²) in [5, 5.41) is 2.92. The van der Waals surface area contributed by atoms with Gasteiger partial charge in [0.2, 0.25) is 5.91 Å². The van der Waals surface area contributed by atoms with Crippen LogP contribution >= 0.6 is 11.8 Å². The molecule has 1 aromatic rings. The van der Waals surface area contributed by atoms with Crippen molar-refractivity contribution in [3.63, 3.8) is 0 Å². The number of piperidine rings is 1. The lowest BCUT2D eigenvalue weighted by Gasteiger charge is -2.30. The molecule has 1 aromatic carbocycles. The van der Waals surface area contributed by atoms with Gasteiger partial charge in [0.25, 0.3) is 0 Å². The number of carbonyl (C=O) groups excluding carboxylic acids is 2. The van der Waals surface area contributed by atoms with Gasteiger partial charge in [0.05, 0.1) is 12.9 Å². The van der Waals surface area contributed by atoms with Gasteiger partial charge in [-0.2, -0.15) is 0 Å². The summed E-state index contributed by atoms with van der Waals surface area (Å²) < 4.78 is 17.5. The van der Waals surface area contributed by atoms with Crippen molar-refractivity contribution in [2.45, 2.75) is 17.7 Å². The van der Waals surface area contributed by atoms with Gasteiger partial charge in [-0.15, -0.1) is 11.8 Å². The van der Waals surface area contributed by atoms with E-state index in [-0.39, 0.29) is 17.8 Å². The summed E-state index contributed by atoms with van der Waals surface area (Å²) in [6, 6.07) is 6.09. The number of carbonyl (C=O) groups is 2. The predicted octanol–water partition coefficient (Wildman–Crippen LogP) is 2.51. The van der Waals surface area contributed by atoms with Crippen LogP contribution in [0.15, 0.2) is 29.2 Å². The summed E-state index contributed by atoms with van der Waals surface area (Å²) >= 11 is 1.38. The molecule has 0 aromatic heterocycles. The normalized spacial score (nSPS) is 15.3. The van der Waals surface area contributed by atoms with Crippen LogP contribution in [0.1, 0.15) is 12.8 Å². The predicted molar refractivity (Wildman–Crippen MR) is 86.8 cm³/mol. The summed E-state index contributed by atoms with van der Waals surface area (Å²) in [6.45, 7) is 1.95. The number of nitrogens with one attached hydrogen (secondary N) is 1. The molecule has 0 unspecified atom stereocenters. The number of thioether (sulfide) groups is 1. The zero-order valence-corrected chi connectivity index (χ0v) is 13.9. The van der Waals surface area contributed by atoms with E-state index >= 15 is 0 Å². The van der Waals surface area contributed by atoms with E-state index in [9.17, 15) is 14.0 Å². The second-order valence-corrected chi connectivity index (χ2v) is 6.50. The van der Waals surface area contributed by atoms with Gasteiger partial charge in [-0.3, -0.25) is 4.79 Å². The minimum absolute atomic E-state index is 0.0327. The molecular formula is C16H21FN2O3S. The number of likely N-dealkylation sites (tertiary alicyclic amines) is 1. The van der Waals surface area contributed by atoms with E-state index in [0.717, 1.165) is 17.7 Å². The Kier molecular flexibility index (Phi) is 6.70. The zero-order valence-electron chi connectivity index (χ0n) is 13.1. The van der Waals surface area contributed by atoms with Crippen molar-refractivity contribution in [2.24, 2.45) is 5.92 Å². The van der Waals surface area contributed by atoms with Crippen molar-refractivity contribution in [1.29, 1.82) is 0 Å². The molecule has 2 rings (SSSR count). The van der Waals surface area contributed by atoms with Gasteiger partial charge < -0.3 is 15.0 Å². The standard InChI is InChI=1S/C16H21FN2O3S/c1-22-16(21)19-8-6-12(7-9-19)10-18-15(20)11-23-14-4-2-13(17)3-5-14/h2-5,12H,6-11H2,1H3,(H,18,20). The molecule has 1 heterocycles. The number of hydrogen-bond acceptors (Lipinski definition) is 4. The molecule has 2 amide bonds. The molecule has 0 aliphatic carbocycles. The number of nitrogens with zero attached hydrogens (tertiary/aromatic N) is 1. The van der Waals surface area contributed by atoms with Crippen LogP contribution in [0, 0.1) is 11.7 Å². The van der Waals surface area contributed by atoms with Crippen LogP contribution in [0.4, 0.5) is 9.18 Å². The Hall–Kier alpha value is -1.76. The van der Waals surface area contributed by atoms with Crippen LogP contribution < -0.4 is 5.32 Å². The highest BCUT2D eigenvalue weighted by Gasteiger charge is 2.23. The van der Waals surface area contributed by atoms with Crippen LogP contribution in [0.2, 0.25) is 0 Å². The molecule has 5 nitrogen and oxygen atoms in total. The third-order valence-electron chi connectivity index (χ3n) is 3.82. The third-order valence-corrected chi connectivity index (χ3v) is 4.83. The molecule has 0 saturated carbocycles. The Morgan fingerprint density at radius 1 is 1.30 bits per heavy atom. The fraction of sp³-hybridized carbons (Fsp3) is 0.500. The summed E-state index contributed by atoms with van der Waals surface area (Å²) in [4.78, 5) is 25.8. The van der Waals surface area contributed by atoms with Crippen LogP contribution in [-0.4, -0.2) is 49.4 Å². The lowest BCUT2D eigenvalue weighted by molar-refractivity contribution is -0.118. The van der Waals surface area contributed by atoms with E-state index in [1.54, 1.807) is 17.0 Å². The van der Waals surface area contributed by atoms with E-state index in [1.165, 1.54) is 31.0 Å². The van der Waals surface area contributed by atoms with E-state index in [2.05, 4.69) is 5.32 Å². The van der Waals surface area contributed by atoms with Gasteiger partial charge in [-0.05, 0) is 43.0 Å². The van der Waals surface area contributed by atoms with E-state index in [0.29, 0.717) is 31.3 Å². The van der Waals surface area contributed by atoms with Crippen LogP contribution in [0.25, 0.3) is 0 Å². The monoisotopic (exact) mass is 340 g/mol. The van der Waals surface area contributed by atoms with Gasteiger partial charge in [-0.25, -0.2) is 9.18 Å². The lowest BCUT2D eigenvalue weighted by Crippen LogP contribution is -2.41. The van der Waals surface area contributed by atoms with Crippen molar-refractivity contribution in [1.82, 2.24) is 10.2 Å². The highest BCUT2D eigenvalue weighted by Crippen LogP contribution is 2.19. The van der Waals surface area contributed by atoms with Gasteiger partial charge in [0.15, 0.2) is 0 Å². The van der Waals surface area contributed by atoms with Crippen LogP contribution in [0.5, 0.6) is 0 Å². The maximum Gasteiger partial charge on any atom is 0.409 e. The van der Waals surface area contributed by atoms with Crippen molar-refractivity contribution in [3.8, 4) is 0 Å². The first kappa shape index (κ1) is 17.6. The average molecular weight is 340 g/mol. The number of hydrogen-bond donors (Lipinski definition) is 1. The molecule has 1 fully saturated rings. The molecule has 1 N–H and O–H groups in total. The Morgan fingerprint density at radius 3 is 2.57 bits per heavy atom. The Labute approximate surface area is 139 Å². The molecule has 0 bridgehead atoms. The first-order valence-electron chi connectivity index (χ1n) is 7.56. The fourth-order valence-electron chi connectivity index (χ4n) is 2.44. The smallest absolute Gasteiger partial charge is 0.409 e. The number of halogens is 1. The van der Waals surface area contributed by atoms with Crippen LogP contribution in [-0.2, 0) is 9.53 Å². The molecule has 1 aliphatic rings. The number of rotatable bonds is 5. The summed E-state index contributed by atoms with van der Waals surface area (Å²) in [6.07, 6.45) is 1.43. The number of ether oxygens (including phenoxy) is 1. The van der Waals surface area contributed by atoms with Crippen molar-refractivity contribution < 1.29 is 18.7 Å². The quantitative estimate of drug-likeness (QED) is 0.837. The second-order valence-electron chi connectivity index (χ2n) is 5.45. The molecule has 1 aliphatic heterocycles. The highest BCUT2D eigenvalue weighted by atomic mass is 32.2. The first-order valence-corrected chi connectivity index (χ1v) is 8.55. The lowest BCUT2D eigenvalue weighted by atomic mass is 9.97. The van der Waals surface area contributed by atoms with Gasteiger partial charge in [0.1, 0.15) is 5.82 Å². The molecule has 7 heteroatoms. The minimum atomic E-state index is -0.289. The topological polar surface area (TPSA) is 58.6 Å². The van der Waals surface area contributed by atoms with Crippen molar-refractivity contribution in [2.75, 3.05) is 32.5 Å². The van der Waals surface area contributed by atoms with Crippen molar-refractivity contribution in [3.05, 3.63) is 30.1 Å². The Morgan fingerprint density at radius 2 is 1.96 bits per heavy atom. The van der Waals surface area contributed by atoms with Gasteiger partial charge >= 0.3 is 6.09 Å². The first-order chi connectivity index (χ1) is 11.1. The Balaban J connectivity index is 1.63. The average Bonchev–Trinajstić information content (AvgIpc) is 2.59. The molecule has 126 valence electrons. The minimum Gasteiger partial charge on any atom is -0.453 e. The van der Waals surface area contributed by atoms with E-state index in [1.807, 2.05) is 0 Å². The number of amides is 2. The molecule has 1 saturated heterocycles. The molecule has 0 atom stereocenters. The Bertz CT molecular complexity index is 531. The van der Waals surface area contributed by atoms with E-state index < -0.39 is 0 Å². The molecule has 0 spiro atoms. The fourth-order valence-corrected chi connectivity index (χ4v) is 3.17. The maximum absolute atomic E-state index is 12.8. The zero-order chi connectivity index (χ0) is 16.7. The van der Waals surface area contributed by atoms with E-state index in [4.69, 9.17) is 4.74 Å². The van der Waals surface area contributed by atoms with Crippen LogP contribution in [0.3, 0.4) is 0 Å². The molecule has 23 heavy (non-hydrogen) atoms. The third kappa shape index (κ3) is 5.74. The second kappa shape index (κ2) is 8.76.